The Balaban J connectivity index is 1.65. The number of ether oxygens (including phenoxy) is 2. The maximum atomic E-state index is 11.7. The second kappa shape index (κ2) is 12.4. The second-order valence-electron chi connectivity index (χ2n) is 8.38. The predicted octanol–water partition coefficient (Wildman–Crippen LogP) is 7.65. The summed E-state index contributed by atoms with van der Waals surface area (Å²) in [5, 5.41) is 21.2. The molecule has 3 aromatic carbocycles. The van der Waals surface area contributed by atoms with Crippen molar-refractivity contribution in [2.45, 2.75) is 30.9 Å². The van der Waals surface area contributed by atoms with Crippen LogP contribution in [0.1, 0.15) is 27.8 Å². The van der Waals surface area contributed by atoms with E-state index in [0.717, 1.165) is 16.8 Å². The molecule has 0 saturated heterocycles. The van der Waals surface area contributed by atoms with E-state index in [1.807, 2.05) is 42.7 Å². The molecule has 0 radical (unpaired) electrons. The number of rotatable bonds is 10. The average molecular weight is 638 g/mol. The quantitative estimate of drug-likeness (QED) is 0.100. The highest BCUT2D eigenvalue weighted by Crippen LogP contribution is 2.43. The Hall–Kier alpha value is -2.79. The number of nitro groups is 1. The molecule has 0 bridgehead atoms. The summed E-state index contributed by atoms with van der Waals surface area (Å²) < 4.78 is 14.1. The van der Waals surface area contributed by atoms with Crippen LogP contribution in [0, 0.1) is 24.0 Å². The van der Waals surface area contributed by atoms with Crippen LogP contribution in [-0.2, 0) is 6.61 Å². The summed E-state index contributed by atoms with van der Waals surface area (Å²) in [6.45, 7) is 3.70. The fourth-order valence-corrected chi connectivity index (χ4v) is 5.93. The van der Waals surface area contributed by atoms with Crippen LogP contribution in [0.5, 0.6) is 11.5 Å². The molecular weight excluding hydrogens is 615 g/mol. The van der Waals surface area contributed by atoms with Crippen LogP contribution < -0.4 is 9.47 Å². The first-order valence-electron chi connectivity index (χ1n) is 11.4. The molecule has 4 rings (SSSR count). The van der Waals surface area contributed by atoms with E-state index in [1.165, 1.54) is 18.9 Å². The fraction of sp³-hybridized carbons (Fsp3) is 0.231. The Labute approximate surface area is 242 Å². The van der Waals surface area contributed by atoms with Gasteiger partial charge in [-0.15, -0.1) is 10.2 Å². The van der Waals surface area contributed by atoms with Crippen molar-refractivity contribution in [1.82, 2.24) is 14.8 Å². The molecule has 1 aromatic heterocycles. The molecule has 8 nitrogen and oxygen atoms in total. The lowest BCUT2D eigenvalue weighted by molar-refractivity contribution is -0.479. The lowest BCUT2D eigenvalue weighted by Gasteiger charge is -2.18. The van der Waals surface area contributed by atoms with E-state index in [0.29, 0.717) is 42.6 Å². The normalized spacial score (nSPS) is 11.8. The van der Waals surface area contributed by atoms with Gasteiger partial charge in [-0.25, -0.2) is 0 Å². The molecule has 0 N–H and O–H groups in total. The van der Waals surface area contributed by atoms with Gasteiger partial charge >= 0.3 is 0 Å². The third-order valence-corrected chi connectivity index (χ3v) is 8.02. The van der Waals surface area contributed by atoms with Gasteiger partial charge in [0.15, 0.2) is 16.7 Å². The summed E-state index contributed by atoms with van der Waals surface area (Å²) in [7, 11) is 1.51. The molecule has 12 heteroatoms. The van der Waals surface area contributed by atoms with Gasteiger partial charge in [0.05, 0.1) is 11.6 Å². The van der Waals surface area contributed by atoms with Gasteiger partial charge in [0.1, 0.15) is 17.7 Å². The smallest absolute Gasteiger partial charge is 0.220 e. The van der Waals surface area contributed by atoms with Crippen molar-refractivity contribution < 1.29 is 14.4 Å². The average Bonchev–Trinajstić information content (AvgIpc) is 3.23. The van der Waals surface area contributed by atoms with Crippen LogP contribution in [-0.4, -0.2) is 33.3 Å². The molecule has 0 fully saturated rings. The number of halogens is 3. The van der Waals surface area contributed by atoms with E-state index < -0.39 is 5.25 Å². The molecule has 0 aliphatic rings. The Morgan fingerprint density at radius 1 is 1.11 bits per heavy atom. The van der Waals surface area contributed by atoms with Crippen molar-refractivity contribution >= 4 is 50.9 Å². The van der Waals surface area contributed by atoms with Crippen LogP contribution in [0.4, 0.5) is 0 Å². The van der Waals surface area contributed by atoms with Gasteiger partial charge in [-0.1, -0.05) is 58.7 Å². The minimum Gasteiger partial charge on any atom is -0.493 e. The second-order valence-corrected chi connectivity index (χ2v) is 11.2. The fourth-order valence-electron chi connectivity index (χ4n) is 3.74. The largest absolute Gasteiger partial charge is 0.493 e. The number of benzene rings is 3. The summed E-state index contributed by atoms with van der Waals surface area (Å²) in [6, 6.07) is 16.6. The summed E-state index contributed by atoms with van der Waals surface area (Å²) >= 11 is 17.1. The lowest BCUT2D eigenvalue weighted by Crippen LogP contribution is -2.12. The summed E-state index contributed by atoms with van der Waals surface area (Å²) in [5.41, 5.74) is 3.42. The van der Waals surface area contributed by atoms with Crippen LogP contribution >= 0.6 is 50.9 Å². The maximum absolute atomic E-state index is 11.7. The van der Waals surface area contributed by atoms with Crippen molar-refractivity contribution in [2.24, 2.45) is 0 Å². The zero-order valence-electron chi connectivity index (χ0n) is 20.7. The van der Waals surface area contributed by atoms with E-state index in [9.17, 15) is 10.1 Å². The molecule has 0 unspecified atom stereocenters. The van der Waals surface area contributed by atoms with E-state index in [4.69, 9.17) is 32.7 Å². The highest BCUT2D eigenvalue weighted by Gasteiger charge is 2.26. The molecule has 0 saturated carbocycles. The van der Waals surface area contributed by atoms with Crippen molar-refractivity contribution in [3.8, 4) is 17.2 Å². The number of thioether (sulfide) groups is 1. The maximum Gasteiger partial charge on any atom is 0.220 e. The first kappa shape index (κ1) is 28.2. The number of aryl methyl sites for hydroxylation is 2. The van der Waals surface area contributed by atoms with E-state index in [1.54, 1.807) is 30.3 Å². The van der Waals surface area contributed by atoms with E-state index in [2.05, 4.69) is 26.1 Å². The highest BCUT2D eigenvalue weighted by atomic mass is 79.9. The zero-order chi connectivity index (χ0) is 27.4. The first-order chi connectivity index (χ1) is 18.2. The highest BCUT2D eigenvalue weighted by molar-refractivity contribution is 9.10. The molecule has 0 aliphatic heterocycles. The van der Waals surface area contributed by atoms with Gasteiger partial charge in [0.25, 0.3) is 0 Å². The Morgan fingerprint density at radius 2 is 1.84 bits per heavy atom. The number of hydrogen-bond donors (Lipinski definition) is 0. The molecule has 38 heavy (non-hydrogen) atoms. The summed E-state index contributed by atoms with van der Waals surface area (Å²) in [5.74, 6) is 1.55. The Kier molecular flexibility index (Phi) is 9.19. The van der Waals surface area contributed by atoms with Gasteiger partial charge < -0.3 is 9.47 Å². The zero-order valence-corrected chi connectivity index (χ0v) is 24.6. The number of nitrogens with zero attached hydrogens (tertiary/aromatic N) is 4. The third kappa shape index (κ3) is 6.61. The van der Waals surface area contributed by atoms with Crippen LogP contribution in [0.3, 0.4) is 0 Å². The van der Waals surface area contributed by atoms with Crippen LogP contribution in [0.2, 0.25) is 10.0 Å². The molecule has 0 amide bonds. The van der Waals surface area contributed by atoms with E-state index in [-0.39, 0.29) is 18.1 Å². The molecule has 0 spiro atoms. The van der Waals surface area contributed by atoms with Crippen molar-refractivity contribution in [1.29, 1.82) is 0 Å². The molecular formula is C26H23BrCl2N4O4S. The Morgan fingerprint density at radius 3 is 2.50 bits per heavy atom. The van der Waals surface area contributed by atoms with E-state index >= 15 is 0 Å². The number of hydrogen-bond acceptors (Lipinski definition) is 7. The van der Waals surface area contributed by atoms with Crippen LogP contribution in [0.15, 0.2) is 64.2 Å². The SMILES string of the molecule is COc1cc([C@@H](C[N+](=O)[O-])Sc2nnc(C)n2-c2ccc(C)cc2)cc(Br)c1OCc1ccc(Cl)cc1Cl. The molecule has 4 aromatic rings. The monoisotopic (exact) mass is 636 g/mol. The molecule has 198 valence electrons. The van der Waals surface area contributed by atoms with Gasteiger partial charge in [-0.3, -0.25) is 14.7 Å². The Bertz CT molecular complexity index is 1470. The van der Waals surface area contributed by atoms with Crippen molar-refractivity contribution in [3.05, 3.63) is 102 Å². The summed E-state index contributed by atoms with van der Waals surface area (Å²) in [6.07, 6.45) is 0. The number of aromatic nitrogens is 3. The molecule has 1 atom stereocenters. The third-order valence-electron chi connectivity index (χ3n) is 5.66. The topological polar surface area (TPSA) is 92.3 Å². The van der Waals surface area contributed by atoms with Crippen molar-refractivity contribution in [3.63, 3.8) is 0 Å². The van der Waals surface area contributed by atoms with Gasteiger partial charge in [0.2, 0.25) is 6.54 Å². The first-order valence-corrected chi connectivity index (χ1v) is 13.8. The standard InChI is InChI=1S/C26H23BrCl2N4O4S/c1-15-4-8-20(9-5-15)33-16(2)30-31-26(33)38-24(13-32(34)35)18-10-21(27)25(23(11-18)36-3)37-14-17-6-7-19(28)12-22(17)29/h4-12,24H,13-14H2,1-3H3/t24-/m1/s1. The van der Waals surface area contributed by atoms with Gasteiger partial charge in [0, 0.05) is 26.2 Å². The van der Waals surface area contributed by atoms with Gasteiger partial charge in [-0.05, 0) is 71.7 Å². The van der Waals surface area contributed by atoms with Crippen molar-refractivity contribution in [2.75, 3.05) is 13.7 Å². The molecule has 0 aliphatic carbocycles. The predicted molar refractivity (Wildman–Crippen MR) is 153 cm³/mol. The minimum atomic E-state index is -0.581. The molecule has 1 heterocycles. The van der Waals surface area contributed by atoms with Crippen LogP contribution in [0.25, 0.3) is 5.69 Å². The minimum absolute atomic E-state index is 0.177. The summed E-state index contributed by atoms with van der Waals surface area (Å²) in [4.78, 5) is 11.3. The lowest BCUT2D eigenvalue weighted by atomic mass is 10.1. The number of methoxy groups -OCH3 is 1. The van der Waals surface area contributed by atoms with Gasteiger partial charge in [-0.2, -0.15) is 0 Å².